The Balaban J connectivity index is 1.21. The lowest BCUT2D eigenvalue weighted by Gasteiger charge is -2.34. The first-order chi connectivity index (χ1) is 17.1. The number of nitrogens with zero attached hydrogens (tertiary/aromatic N) is 5. The third-order valence-electron chi connectivity index (χ3n) is 6.69. The molecule has 0 unspecified atom stereocenters. The van der Waals surface area contributed by atoms with E-state index in [1.807, 2.05) is 0 Å². The highest BCUT2D eigenvalue weighted by atomic mass is 35.5. The summed E-state index contributed by atoms with van der Waals surface area (Å²) in [6, 6.07) is 6.61. The zero-order chi connectivity index (χ0) is 25.7. The maximum atomic E-state index is 13.4. The molecule has 2 amide bonds. The van der Waals surface area contributed by atoms with Crippen molar-refractivity contribution >= 4 is 35.1 Å². The van der Waals surface area contributed by atoms with E-state index in [0.29, 0.717) is 16.9 Å². The van der Waals surface area contributed by atoms with Crippen LogP contribution in [0.1, 0.15) is 37.9 Å². The predicted octanol–water partition coefficient (Wildman–Crippen LogP) is 4.61. The van der Waals surface area contributed by atoms with Crippen LogP contribution in [0.2, 0.25) is 5.15 Å². The van der Waals surface area contributed by atoms with Crippen LogP contribution >= 0.6 is 11.6 Å². The van der Waals surface area contributed by atoms with Crippen molar-refractivity contribution in [2.45, 2.75) is 38.2 Å². The number of ether oxygens (including phenoxy) is 1. The van der Waals surface area contributed by atoms with Crippen LogP contribution in [0.15, 0.2) is 36.7 Å². The molecule has 0 saturated heterocycles. The summed E-state index contributed by atoms with van der Waals surface area (Å²) in [6.45, 7) is 1.67. The highest BCUT2D eigenvalue weighted by Crippen LogP contribution is 2.72. The molecule has 3 heterocycles. The van der Waals surface area contributed by atoms with E-state index in [0.717, 1.165) is 0 Å². The second-order valence-corrected chi connectivity index (χ2v) is 9.51. The molecule has 1 atom stereocenters. The fourth-order valence-corrected chi connectivity index (χ4v) is 4.74. The molecule has 10 nitrogen and oxygen atoms in total. The molecule has 0 radical (unpaired) electrons. The Labute approximate surface area is 209 Å². The minimum Gasteiger partial charge on any atom is -0.441 e. The Bertz CT molecular complexity index is 1330. The van der Waals surface area contributed by atoms with Crippen molar-refractivity contribution in [1.82, 2.24) is 25.0 Å². The van der Waals surface area contributed by atoms with Gasteiger partial charge in [-0.15, -0.1) is 5.10 Å². The average molecular weight is 518 g/mol. The summed E-state index contributed by atoms with van der Waals surface area (Å²) in [5, 5.41) is 13.6. The molecule has 2 saturated carbocycles. The molecule has 188 valence electrons. The molecule has 2 aliphatic rings. The number of carbonyl (C=O) groups is 2. The number of anilines is 2. The van der Waals surface area contributed by atoms with Crippen LogP contribution in [-0.2, 0) is 16.6 Å². The van der Waals surface area contributed by atoms with E-state index < -0.39 is 29.5 Å². The first kappa shape index (κ1) is 24.0. The number of halogens is 3. The van der Waals surface area contributed by atoms with Gasteiger partial charge < -0.3 is 10.1 Å². The van der Waals surface area contributed by atoms with Crippen LogP contribution in [0.4, 0.5) is 25.1 Å². The van der Waals surface area contributed by atoms with Gasteiger partial charge in [0, 0.05) is 36.6 Å². The molecule has 3 aromatic heterocycles. The smallest absolute Gasteiger partial charge is 0.413 e. The number of hydrogen-bond donors (Lipinski definition) is 2. The van der Waals surface area contributed by atoms with E-state index in [4.69, 9.17) is 16.3 Å². The maximum absolute atomic E-state index is 13.4. The Kier molecular flexibility index (Phi) is 5.86. The van der Waals surface area contributed by atoms with Crippen molar-refractivity contribution < 1.29 is 23.1 Å². The molecular formula is C23H22ClF2N7O3. The van der Waals surface area contributed by atoms with Gasteiger partial charge in [0.15, 0.2) is 11.5 Å². The highest BCUT2D eigenvalue weighted by Gasteiger charge is 2.76. The summed E-state index contributed by atoms with van der Waals surface area (Å²) in [7, 11) is 1.59. The zero-order valence-electron chi connectivity index (χ0n) is 19.3. The number of aromatic nitrogens is 5. The Morgan fingerprint density at radius 2 is 1.97 bits per heavy atom. The number of nitrogens with one attached hydrogen (secondary N) is 2. The molecule has 0 aliphatic heterocycles. The number of rotatable bonds is 6. The molecule has 3 aromatic rings. The number of pyridine rings is 2. The molecule has 0 aromatic carbocycles. The number of amides is 2. The predicted molar refractivity (Wildman–Crippen MR) is 125 cm³/mol. The third-order valence-corrected chi connectivity index (χ3v) is 7.00. The van der Waals surface area contributed by atoms with E-state index in [1.165, 1.54) is 17.1 Å². The van der Waals surface area contributed by atoms with E-state index in [9.17, 15) is 18.4 Å². The van der Waals surface area contributed by atoms with Crippen LogP contribution in [0.3, 0.4) is 0 Å². The summed E-state index contributed by atoms with van der Waals surface area (Å²) in [6.07, 6.45) is 1.83. The lowest BCUT2D eigenvalue weighted by molar-refractivity contribution is -0.126. The van der Waals surface area contributed by atoms with Crippen molar-refractivity contribution in [2.24, 2.45) is 18.4 Å². The van der Waals surface area contributed by atoms with Gasteiger partial charge in [0.2, 0.25) is 5.91 Å². The van der Waals surface area contributed by atoms with Crippen LogP contribution in [0, 0.1) is 11.3 Å². The SMILES string of the molecule is C[C@@H](OC(=O)Nc1c(-c2ccc(NC(=O)[C@H]3C[C@]4(CC4(F)F)C3)cn2)nnn1C)c1cccnc1Cl. The summed E-state index contributed by atoms with van der Waals surface area (Å²) in [5.74, 6) is -3.11. The summed E-state index contributed by atoms with van der Waals surface area (Å²) in [5.41, 5.74) is 0.693. The fraction of sp³-hybridized carbons (Fsp3) is 0.391. The van der Waals surface area contributed by atoms with Crippen LogP contribution < -0.4 is 10.6 Å². The van der Waals surface area contributed by atoms with Crippen LogP contribution in [0.5, 0.6) is 0 Å². The molecule has 2 aliphatic carbocycles. The third kappa shape index (κ3) is 4.36. The fourth-order valence-electron chi connectivity index (χ4n) is 4.47. The minimum atomic E-state index is -2.63. The Morgan fingerprint density at radius 3 is 2.61 bits per heavy atom. The van der Waals surface area contributed by atoms with Gasteiger partial charge in [-0.2, -0.15) is 0 Å². The monoisotopic (exact) mass is 517 g/mol. The van der Waals surface area contributed by atoms with Crippen molar-refractivity contribution in [3.63, 3.8) is 0 Å². The highest BCUT2D eigenvalue weighted by molar-refractivity contribution is 6.30. The lowest BCUT2D eigenvalue weighted by Crippen LogP contribution is -2.38. The number of alkyl halides is 2. The molecule has 5 rings (SSSR count). The van der Waals surface area contributed by atoms with E-state index in [2.05, 4.69) is 30.9 Å². The van der Waals surface area contributed by atoms with Gasteiger partial charge in [-0.05, 0) is 38.0 Å². The van der Waals surface area contributed by atoms with Crippen molar-refractivity contribution in [1.29, 1.82) is 0 Å². The molecule has 1 spiro atoms. The van der Waals surface area contributed by atoms with Gasteiger partial charge in [0.05, 0.1) is 17.6 Å². The first-order valence-electron chi connectivity index (χ1n) is 11.2. The Morgan fingerprint density at radius 1 is 1.22 bits per heavy atom. The van der Waals surface area contributed by atoms with Gasteiger partial charge in [-0.1, -0.05) is 22.9 Å². The zero-order valence-corrected chi connectivity index (χ0v) is 20.1. The summed E-state index contributed by atoms with van der Waals surface area (Å²) >= 11 is 6.06. The summed E-state index contributed by atoms with van der Waals surface area (Å²) < 4.78 is 33.5. The van der Waals surface area contributed by atoms with Crippen LogP contribution in [-0.4, -0.2) is 42.9 Å². The van der Waals surface area contributed by atoms with Gasteiger partial charge >= 0.3 is 6.09 Å². The van der Waals surface area contributed by atoms with E-state index in [1.54, 1.807) is 38.2 Å². The Hall–Kier alpha value is -3.67. The topological polar surface area (TPSA) is 124 Å². The van der Waals surface area contributed by atoms with Gasteiger partial charge in [-0.3, -0.25) is 15.1 Å². The molecular weight excluding hydrogens is 496 g/mol. The molecule has 0 bridgehead atoms. The average Bonchev–Trinajstić information content (AvgIpc) is 3.23. The van der Waals surface area contributed by atoms with E-state index >= 15 is 0 Å². The first-order valence-corrected chi connectivity index (χ1v) is 11.6. The van der Waals surface area contributed by atoms with Crippen molar-refractivity contribution in [3.05, 3.63) is 47.4 Å². The molecule has 2 N–H and O–H groups in total. The normalized spacial score (nSPS) is 22.4. The van der Waals surface area contributed by atoms with Gasteiger partial charge in [0.25, 0.3) is 5.92 Å². The molecule has 36 heavy (non-hydrogen) atoms. The number of hydrogen-bond acceptors (Lipinski definition) is 7. The number of carbonyl (C=O) groups excluding carboxylic acids is 2. The standard InChI is InChI=1S/C23H22ClF2N7O3/c1-12(15-4-3-7-27-18(15)24)36-21(35)30-19-17(31-32-33(19)2)16-6-5-14(10-28-16)29-20(34)13-8-22(9-13)11-23(22,25)26/h3-7,10,12-13H,8-9,11H2,1-2H3,(H,29,34)(H,30,35)/t12-,13-,22+/m1/s1. The van der Waals surface area contributed by atoms with Crippen LogP contribution in [0.25, 0.3) is 11.4 Å². The van der Waals surface area contributed by atoms with Crippen molar-refractivity contribution in [3.8, 4) is 11.4 Å². The lowest BCUT2D eigenvalue weighted by atomic mass is 9.71. The van der Waals surface area contributed by atoms with Gasteiger partial charge in [-0.25, -0.2) is 23.2 Å². The molecule has 13 heteroatoms. The van der Waals surface area contributed by atoms with Gasteiger partial charge in [0.1, 0.15) is 11.3 Å². The van der Waals surface area contributed by atoms with E-state index in [-0.39, 0.29) is 41.8 Å². The molecule has 2 fully saturated rings. The van der Waals surface area contributed by atoms with Crippen molar-refractivity contribution in [2.75, 3.05) is 10.6 Å². The minimum absolute atomic E-state index is 0.127. The summed E-state index contributed by atoms with van der Waals surface area (Å²) in [4.78, 5) is 33.2. The second-order valence-electron chi connectivity index (χ2n) is 9.15. The second kappa shape index (κ2) is 8.77. The maximum Gasteiger partial charge on any atom is 0.413 e. The number of aryl methyl sites for hydroxylation is 1. The quantitative estimate of drug-likeness (QED) is 0.457. The largest absolute Gasteiger partial charge is 0.441 e.